The predicted octanol–water partition coefficient (Wildman–Crippen LogP) is 4.22. The highest BCUT2D eigenvalue weighted by Gasteiger charge is 2.47. The molecule has 36 heavy (non-hydrogen) atoms. The molecule has 5 rings (SSSR count). The summed E-state index contributed by atoms with van der Waals surface area (Å²) in [5.74, 6) is 2.16. The number of imidazole rings is 1. The van der Waals surface area contributed by atoms with Crippen LogP contribution in [0, 0.1) is 0 Å². The summed E-state index contributed by atoms with van der Waals surface area (Å²) in [4.78, 5) is 10.1. The average molecular weight is 503 g/mol. The minimum atomic E-state index is -4.35. The molecule has 190 valence electrons. The van der Waals surface area contributed by atoms with Gasteiger partial charge in [-0.05, 0) is 25.0 Å². The highest BCUT2D eigenvalue weighted by molar-refractivity contribution is 5.71. The first-order chi connectivity index (χ1) is 17.3. The summed E-state index contributed by atoms with van der Waals surface area (Å²) in [7, 11) is 4.57. The van der Waals surface area contributed by atoms with E-state index >= 15 is 0 Å². The van der Waals surface area contributed by atoms with E-state index in [0.717, 1.165) is 0 Å². The molecule has 4 aromatic rings. The first-order valence-corrected chi connectivity index (χ1v) is 11.1. The Kier molecular flexibility index (Phi) is 5.98. The number of nitrogens with one attached hydrogen (secondary N) is 1. The summed E-state index contributed by atoms with van der Waals surface area (Å²) >= 11 is 0. The third kappa shape index (κ3) is 4.20. The maximum absolute atomic E-state index is 13.6. The van der Waals surface area contributed by atoms with Gasteiger partial charge in [-0.15, -0.1) is 5.10 Å². The van der Waals surface area contributed by atoms with Crippen LogP contribution in [0.2, 0.25) is 0 Å². The summed E-state index contributed by atoms with van der Waals surface area (Å²) < 4.78 is 60.3. The van der Waals surface area contributed by atoms with Gasteiger partial charge >= 0.3 is 6.18 Å². The minimum Gasteiger partial charge on any atom is -0.493 e. The number of ether oxygens (including phenoxy) is 3. The van der Waals surface area contributed by atoms with Crippen LogP contribution in [-0.2, 0) is 0 Å². The van der Waals surface area contributed by atoms with Crippen molar-refractivity contribution in [3.63, 3.8) is 0 Å². The number of nitrogens with zero attached hydrogens (tertiary/aromatic N) is 6. The van der Waals surface area contributed by atoms with Crippen molar-refractivity contribution in [3.8, 4) is 22.9 Å². The van der Waals surface area contributed by atoms with Crippen LogP contribution in [0.3, 0.4) is 0 Å². The first-order valence-electron chi connectivity index (χ1n) is 11.1. The standard InChI is InChI=1S/C23H24F3N7O3/c1-34-16-10-14(11-17(35-2)20(16)36-3)31-12-19(27-13-31)28-22-29-21(15-6-4-9-33(15)30-22)32-8-5-7-18(32)23(24,25)26/h4,6,9-13,18H,5,7-8H2,1-3H3,(H,28,30)/t18-/m0/s1. The van der Waals surface area contributed by atoms with Gasteiger partial charge in [0.2, 0.25) is 11.7 Å². The molecule has 1 aliphatic rings. The first kappa shape index (κ1) is 23.6. The molecule has 1 fully saturated rings. The molecule has 13 heteroatoms. The molecular weight excluding hydrogens is 479 g/mol. The van der Waals surface area contributed by atoms with Crippen molar-refractivity contribution in [1.82, 2.24) is 24.1 Å². The van der Waals surface area contributed by atoms with E-state index in [9.17, 15) is 13.2 Å². The second-order valence-corrected chi connectivity index (χ2v) is 8.16. The van der Waals surface area contributed by atoms with Crippen LogP contribution >= 0.6 is 0 Å². The Hall–Kier alpha value is -4.16. The molecule has 0 spiro atoms. The smallest absolute Gasteiger partial charge is 0.408 e. The van der Waals surface area contributed by atoms with Crippen LogP contribution in [0.5, 0.6) is 17.2 Å². The zero-order chi connectivity index (χ0) is 25.4. The summed E-state index contributed by atoms with van der Waals surface area (Å²) in [5, 5.41) is 7.39. The van der Waals surface area contributed by atoms with E-state index in [0.29, 0.717) is 40.7 Å². The highest BCUT2D eigenvalue weighted by Crippen LogP contribution is 2.40. The molecule has 0 unspecified atom stereocenters. The fraction of sp³-hybridized carbons (Fsp3) is 0.348. The molecule has 0 aliphatic carbocycles. The quantitative estimate of drug-likeness (QED) is 0.401. The third-order valence-electron chi connectivity index (χ3n) is 6.04. The SMILES string of the molecule is COc1cc(-n2cnc(Nc3nc(N4CCC[C@H]4C(F)(F)F)c4cccn4n3)c2)cc(OC)c1OC. The lowest BCUT2D eigenvalue weighted by molar-refractivity contribution is -0.146. The van der Waals surface area contributed by atoms with Crippen LogP contribution < -0.4 is 24.4 Å². The van der Waals surface area contributed by atoms with Gasteiger partial charge in [0.15, 0.2) is 23.1 Å². The zero-order valence-electron chi connectivity index (χ0n) is 19.8. The van der Waals surface area contributed by atoms with Crippen LogP contribution in [-0.4, -0.2) is 64.2 Å². The normalized spacial score (nSPS) is 15.9. The van der Waals surface area contributed by atoms with Crippen LogP contribution in [0.15, 0.2) is 43.0 Å². The van der Waals surface area contributed by atoms with Gasteiger partial charge in [-0.3, -0.25) is 0 Å². The van der Waals surface area contributed by atoms with Gasteiger partial charge in [0.1, 0.15) is 17.9 Å². The Bertz CT molecular complexity index is 1360. The number of halogens is 3. The number of hydrogen-bond acceptors (Lipinski definition) is 8. The monoisotopic (exact) mass is 503 g/mol. The Balaban J connectivity index is 1.47. The van der Waals surface area contributed by atoms with Crippen molar-refractivity contribution in [2.75, 3.05) is 38.1 Å². The van der Waals surface area contributed by atoms with Gasteiger partial charge in [0, 0.05) is 24.9 Å². The Labute approximate surface area is 204 Å². The molecule has 0 bridgehead atoms. The van der Waals surface area contributed by atoms with Crippen molar-refractivity contribution < 1.29 is 27.4 Å². The van der Waals surface area contributed by atoms with Crippen LogP contribution in [0.4, 0.5) is 30.8 Å². The summed E-state index contributed by atoms with van der Waals surface area (Å²) in [6, 6.07) is 5.35. The van der Waals surface area contributed by atoms with E-state index in [1.165, 1.54) is 30.7 Å². The topological polar surface area (TPSA) is 91.0 Å². The largest absolute Gasteiger partial charge is 0.493 e. The number of aromatic nitrogens is 5. The maximum atomic E-state index is 13.6. The average Bonchev–Trinajstić information content (AvgIpc) is 3.62. The van der Waals surface area contributed by atoms with E-state index in [1.54, 1.807) is 47.6 Å². The number of methoxy groups -OCH3 is 3. The molecule has 1 aromatic carbocycles. The summed E-state index contributed by atoms with van der Waals surface area (Å²) in [6.45, 7) is 0.261. The molecule has 3 aromatic heterocycles. The Morgan fingerprint density at radius 2 is 1.83 bits per heavy atom. The number of benzene rings is 1. The second-order valence-electron chi connectivity index (χ2n) is 8.16. The highest BCUT2D eigenvalue weighted by atomic mass is 19.4. The molecule has 1 saturated heterocycles. The fourth-order valence-electron chi connectivity index (χ4n) is 4.40. The van der Waals surface area contributed by atoms with Crippen molar-refractivity contribution in [1.29, 1.82) is 0 Å². The molecule has 0 radical (unpaired) electrons. The van der Waals surface area contributed by atoms with Crippen molar-refractivity contribution in [3.05, 3.63) is 43.0 Å². The molecule has 4 heterocycles. The number of hydrogen-bond donors (Lipinski definition) is 1. The van der Waals surface area contributed by atoms with Crippen LogP contribution in [0.1, 0.15) is 12.8 Å². The van der Waals surface area contributed by atoms with Crippen molar-refractivity contribution in [2.45, 2.75) is 25.1 Å². The molecule has 0 amide bonds. The Morgan fingerprint density at radius 1 is 1.08 bits per heavy atom. The van der Waals surface area contributed by atoms with Crippen molar-refractivity contribution >= 4 is 23.1 Å². The molecule has 0 saturated carbocycles. The van der Waals surface area contributed by atoms with E-state index in [2.05, 4.69) is 20.4 Å². The van der Waals surface area contributed by atoms with Gasteiger partial charge in [0.05, 0.1) is 33.2 Å². The maximum Gasteiger partial charge on any atom is 0.408 e. The number of fused-ring (bicyclic) bond motifs is 1. The molecule has 1 atom stereocenters. The van der Waals surface area contributed by atoms with Gasteiger partial charge in [-0.1, -0.05) is 0 Å². The summed E-state index contributed by atoms with van der Waals surface area (Å²) in [6.07, 6.45) is 1.04. The van der Waals surface area contributed by atoms with E-state index in [-0.39, 0.29) is 24.7 Å². The molecular formula is C23H24F3N7O3. The lowest BCUT2D eigenvalue weighted by Crippen LogP contribution is -2.42. The molecule has 10 nitrogen and oxygen atoms in total. The third-order valence-corrected chi connectivity index (χ3v) is 6.04. The number of anilines is 3. The van der Waals surface area contributed by atoms with Gasteiger partial charge in [0.25, 0.3) is 0 Å². The lowest BCUT2D eigenvalue weighted by atomic mass is 10.2. The molecule has 1 N–H and O–H groups in total. The van der Waals surface area contributed by atoms with Gasteiger partial charge in [-0.25, -0.2) is 9.50 Å². The fourth-order valence-corrected chi connectivity index (χ4v) is 4.40. The second kappa shape index (κ2) is 9.13. The van der Waals surface area contributed by atoms with E-state index < -0.39 is 12.2 Å². The number of rotatable bonds is 7. The summed E-state index contributed by atoms with van der Waals surface area (Å²) in [5.41, 5.74) is 1.19. The van der Waals surface area contributed by atoms with E-state index in [1.807, 2.05) is 0 Å². The molecule has 1 aliphatic heterocycles. The van der Waals surface area contributed by atoms with Crippen molar-refractivity contribution in [2.24, 2.45) is 0 Å². The zero-order valence-corrected chi connectivity index (χ0v) is 19.8. The predicted molar refractivity (Wildman–Crippen MR) is 126 cm³/mol. The minimum absolute atomic E-state index is 0.0301. The van der Waals surface area contributed by atoms with Gasteiger partial charge in [-0.2, -0.15) is 18.2 Å². The Morgan fingerprint density at radius 3 is 2.50 bits per heavy atom. The lowest BCUT2D eigenvalue weighted by Gasteiger charge is -2.28. The number of alkyl halides is 3. The van der Waals surface area contributed by atoms with Crippen LogP contribution in [0.25, 0.3) is 11.2 Å². The van der Waals surface area contributed by atoms with Gasteiger partial charge < -0.3 is 29.0 Å². The van der Waals surface area contributed by atoms with E-state index in [4.69, 9.17) is 14.2 Å².